The molecule has 3 rings (SSSR count). The largest absolute Gasteiger partial charge is 0.335 e. The van der Waals surface area contributed by atoms with Gasteiger partial charge in [0.15, 0.2) is 9.84 Å². The van der Waals surface area contributed by atoms with Crippen LogP contribution >= 0.6 is 0 Å². The van der Waals surface area contributed by atoms with E-state index in [0.717, 1.165) is 32.1 Å². The standard InChI is InChI=1S/C18H32N2O3S/c1-18(2)10-5-8-16(18)19-12-17(21)20(14-6-3-4-7-14)15-9-11-24(22,23)13-15/h14-16,19H,3-13H2,1-2H3/t15-,16-/m1/s1. The summed E-state index contributed by atoms with van der Waals surface area (Å²) < 4.78 is 23.8. The van der Waals surface area contributed by atoms with Crippen LogP contribution in [0.3, 0.4) is 0 Å². The van der Waals surface area contributed by atoms with Crippen LogP contribution in [0.25, 0.3) is 0 Å². The summed E-state index contributed by atoms with van der Waals surface area (Å²) >= 11 is 0. The summed E-state index contributed by atoms with van der Waals surface area (Å²) in [5, 5.41) is 3.48. The van der Waals surface area contributed by atoms with E-state index in [-0.39, 0.29) is 34.9 Å². The summed E-state index contributed by atoms with van der Waals surface area (Å²) in [6.07, 6.45) is 8.50. The molecule has 24 heavy (non-hydrogen) atoms. The molecule has 1 saturated heterocycles. The first-order chi connectivity index (χ1) is 11.3. The van der Waals surface area contributed by atoms with Crippen LogP contribution < -0.4 is 5.32 Å². The molecule has 1 aliphatic heterocycles. The van der Waals surface area contributed by atoms with Crippen molar-refractivity contribution in [2.24, 2.45) is 5.41 Å². The van der Waals surface area contributed by atoms with E-state index in [1.54, 1.807) is 0 Å². The molecule has 5 nitrogen and oxygen atoms in total. The third-order valence-corrected chi connectivity index (χ3v) is 8.12. The number of hydrogen-bond acceptors (Lipinski definition) is 4. The lowest BCUT2D eigenvalue weighted by Crippen LogP contribution is -2.52. The molecule has 1 N–H and O–H groups in total. The molecule has 0 bridgehead atoms. The van der Waals surface area contributed by atoms with Crippen molar-refractivity contribution < 1.29 is 13.2 Å². The number of rotatable bonds is 5. The average Bonchev–Trinajstić information content (AvgIpc) is 3.19. The zero-order valence-corrected chi connectivity index (χ0v) is 15.9. The van der Waals surface area contributed by atoms with Crippen molar-refractivity contribution in [3.05, 3.63) is 0 Å². The van der Waals surface area contributed by atoms with E-state index in [9.17, 15) is 13.2 Å². The number of amides is 1. The van der Waals surface area contributed by atoms with Gasteiger partial charge in [-0.3, -0.25) is 4.79 Å². The number of hydrogen-bond donors (Lipinski definition) is 1. The van der Waals surface area contributed by atoms with Crippen molar-refractivity contribution >= 4 is 15.7 Å². The highest BCUT2D eigenvalue weighted by Crippen LogP contribution is 2.37. The second kappa shape index (κ2) is 6.94. The number of carbonyl (C=O) groups is 1. The summed E-state index contributed by atoms with van der Waals surface area (Å²) in [5.41, 5.74) is 0.245. The summed E-state index contributed by atoms with van der Waals surface area (Å²) in [6.45, 7) is 4.88. The predicted octanol–water partition coefficient (Wildman–Crippen LogP) is 2.11. The van der Waals surface area contributed by atoms with Crippen molar-refractivity contribution in [1.82, 2.24) is 10.2 Å². The molecular formula is C18H32N2O3S. The molecule has 3 fully saturated rings. The van der Waals surface area contributed by atoms with E-state index in [2.05, 4.69) is 19.2 Å². The highest BCUT2D eigenvalue weighted by molar-refractivity contribution is 7.91. The summed E-state index contributed by atoms with van der Waals surface area (Å²) in [7, 11) is -2.97. The van der Waals surface area contributed by atoms with Crippen LogP contribution in [0.5, 0.6) is 0 Å². The third-order valence-electron chi connectivity index (χ3n) is 6.36. The van der Waals surface area contributed by atoms with Crippen molar-refractivity contribution in [2.45, 2.75) is 83.3 Å². The quantitative estimate of drug-likeness (QED) is 0.819. The van der Waals surface area contributed by atoms with Gasteiger partial charge in [0.2, 0.25) is 5.91 Å². The van der Waals surface area contributed by atoms with E-state index in [4.69, 9.17) is 0 Å². The summed E-state index contributed by atoms with van der Waals surface area (Å²) in [4.78, 5) is 14.9. The van der Waals surface area contributed by atoms with Gasteiger partial charge in [-0.15, -0.1) is 0 Å². The molecule has 6 heteroatoms. The first kappa shape index (κ1) is 18.2. The second-order valence-electron chi connectivity index (χ2n) is 8.61. The number of nitrogens with zero attached hydrogens (tertiary/aromatic N) is 1. The first-order valence-corrected chi connectivity index (χ1v) is 11.4. The summed E-state index contributed by atoms with van der Waals surface area (Å²) in [6, 6.07) is 0.525. The van der Waals surface area contributed by atoms with Crippen LogP contribution in [0.4, 0.5) is 0 Å². The van der Waals surface area contributed by atoms with Crippen LogP contribution in [0.2, 0.25) is 0 Å². The Morgan fingerprint density at radius 3 is 2.33 bits per heavy atom. The Bertz CT molecular complexity index is 567. The van der Waals surface area contributed by atoms with Gasteiger partial charge in [-0.2, -0.15) is 0 Å². The molecule has 1 heterocycles. The predicted molar refractivity (Wildman–Crippen MR) is 95.6 cm³/mol. The van der Waals surface area contributed by atoms with Crippen LogP contribution in [0.1, 0.15) is 65.2 Å². The number of nitrogens with one attached hydrogen (secondary N) is 1. The number of sulfone groups is 1. The fraction of sp³-hybridized carbons (Fsp3) is 0.944. The minimum atomic E-state index is -2.97. The molecule has 2 saturated carbocycles. The Hall–Kier alpha value is -0.620. The van der Waals surface area contributed by atoms with Crippen molar-refractivity contribution in [3.63, 3.8) is 0 Å². The third kappa shape index (κ3) is 3.96. The number of carbonyl (C=O) groups excluding carboxylic acids is 1. The van der Waals surface area contributed by atoms with E-state index >= 15 is 0 Å². The maximum Gasteiger partial charge on any atom is 0.237 e. The molecule has 1 amide bonds. The molecule has 0 radical (unpaired) electrons. The normalized spacial score (nSPS) is 32.2. The zero-order valence-electron chi connectivity index (χ0n) is 15.1. The molecule has 0 aromatic heterocycles. The van der Waals surface area contributed by atoms with Crippen LogP contribution in [0.15, 0.2) is 0 Å². The molecule has 138 valence electrons. The highest BCUT2D eigenvalue weighted by Gasteiger charge is 2.40. The molecular weight excluding hydrogens is 324 g/mol. The van der Waals surface area contributed by atoms with E-state index in [1.165, 1.54) is 12.8 Å². The monoisotopic (exact) mass is 356 g/mol. The molecule has 2 aliphatic carbocycles. The topological polar surface area (TPSA) is 66.5 Å². The Morgan fingerprint density at radius 2 is 1.79 bits per heavy atom. The van der Waals surface area contributed by atoms with E-state index < -0.39 is 9.84 Å². The summed E-state index contributed by atoms with van der Waals surface area (Å²) in [5.74, 6) is 0.494. The smallest absolute Gasteiger partial charge is 0.237 e. The molecule has 0 aromatic rings. The van der Waals surface area contributed by atoms with Crippen LogP contribution in [-0.2, 0) is 14.6 Å². The highest BCUT2D eigenvalue weighted by atomic mass is 32.2. The van der Waals surface area contributed by atoms with Gasteiger partial charge in [0.05, 0.1) is 18.1 Å². The lowest BCUT2D eigenvalue weighted by molar-refractivity contribution is -0.134. The second-order valence-corrected chi connectivity index (χ2v) is 10.8. The molecule has 0 spiro atoms. The van der Waals surface area contributed by atoms with Gasteiger partial charge in [0, 0.05) is 18.1 Å². The van der Waals surface area contributed by atoms with Gasteiger partial charge in [-0.05, 0) is 37.5 Å². The Labute approximate surface area is 146 Å². The maximum absolute atomic E-state index is 13.0. The van der Waals surface area contributed by atoms with Gasteiger partial charge < -0.3 is 10.2 Å². The lowest BCUT2D eigenvalue weighted by atomic mass is 9.87. The Balaban J connectivity index is 1.65. The molecule has 3 aliphatic rings. The molecule has 0 aromatic carbocycles. The maximum atomic E-state index is 13.0. The lowest BCUT2D eigenvalue weighted by Gasteiger charge is -2.35. The Kier molecular flexibility index (Phi) is 5.26. The van der Waals surface area contributed by atoms with E-state index in [1.807, 2.05) is 4.90 Å². The minimum absolute atomic E-state index is 0.103. The van der Waals surface area contributed by atoms with Gasteiger partial charge in [0.1, 0.15) is 0 Å². The SMILES string of the molecule is CC1(C)CCC[C@H]1NCC(=O)N(C1CCCC1)[C@@H]1CCS(=O)(=O)C1. The zero-order chi connectivity index (χ0) is 17.4. The van der Waals surface area contributed by atoms with Crippen molar-refractivity contribution in [1.29, 1.82) is 0 Å². The minimum Gasteiger partial charge on any atom is -0.335 e. The van der Waals surface area contributed by atoms with Crippen molar-refractivity contribution in [2.75, 3.05) is 18.1 Å². The van der Waals surface area contributed by atoms with Gasteiger partial charge in [0.25, 0.3) is 0 Å². The van der Waals surface area contributed by atoms with Crippen LogP contribution in [-0.4, -0.2) is 55.4 Å². The van der Waals surface area contributed by atoms with Crippen molar-refractivity contribution in [3.8, 4) is 0 Å². The fourth-order valence-electron chi connectivity index (χ4n) is 4.89. The van der Waals surface area contributed by atoms with Gasteiger partial charge in [-0.25, -0.2) is 8.42 Å². The fourth-order valence-corrected chi connectivity index (χ4v) is 6.60. The van der Waals surface area contributed by atoms with Gasteiger partial charge in [-0.1, -0.05) is 33.1 Å². The van der Waals surface area contributed by atoms with Crippen LogP contribution in [0, 0.1) is 5.41 Å². The molecule has 0 unspecified atom stereocenters. The molecule has 2 atom stereocenters. The van der Waals surface area contributed by atoms with Gasteiger partial charge >= 0.3 is 0 Å². The van der Waals surface area contributed by atoms with E-state index in [0.29, 0.717) is 19.0 Å². The first-order valence-electron chi connectivity index (χ1n) is 9.53. The Morgan fingerprint density at radius 1 is 1.08 bits per heavy atom. The average molecular weight is 357 g/mol.